The number of nitrogens with one attached hydrogen (secondary N) is 2. The van der Waals surface area contributed by atoms with Crippen LogP contribution in [-0.2, 0) is 11.3 Å². The molecule has 15 heavy (non-hydrogen) atoms. The maximum absolute atomic E-state index is 11.3. The van der Waals surface area contributed by atoms with Crippen LogP contribution >= 0.6 is 11.3 Å². The Labute approximate surface area is 94.9 Å². The first kappa shape index (κ1) is 12.2. The van der Waals surface area contributed by atoms with Crippen LogP contribution in [0.4, 0.5) is 0 Å². The second-order valence-corrected chi connectivity index (χ2v) is 4.65. The van der Waals surface area contributed by atoms with Crippen molar-refractivity contribution in [2.24, 2.45) is 0 Å². The maximum atomic E-state index is 11.3. The molecular formula is C11H18N2OS. The zero-order chi connectivity index (χ0) is 11.3. The van der Waals surface area contributed by atoms with Gasteiger partial charge in [0.25, 0.3) is 0 Å². The van der Waals surface area contributed by atoms with Crippen LogP contribution in [0, 0.1) is 6.92 Å². The van der Waals surface area contributed by atoms with Gasteiger partial charge in [0.15, 0.2) is 0 Å². The molecule has 0 saturated heterocycles. The molecule has 0 unspecified atom stereocenters. The van der Waals surface area contributed by atoms with Gasteiger partial charge in [-0.1, -0.05) is 0 Å². The standard InChI is InChI=1S/C11H18N2OS/c1-8(2)13-11(14)5-12-4-10-7-15-6-9(10)3/h6-8,12H,4-5H2,1-3H3,(H,13,14). The van der Waals surface area contributed by atoms with Crippen molar-refractivity contribution in [3.8, 4) is 0 Å². The number of hydrogen-bond donors (Lipinski definition) is 2. The second-order valence-electron chi connectivity index (χ2n) is 3.91. The zero-order valence-corrected chi connectivity index (χ0v) is 10.3. The molecular weight excluding hydrogens is 208 g/mol. The predicted octanol–water partition coefficient (Wildman–Crippen LogP) is 1.67. The third-order valence-electron chi connectivity index (χ3n) is 2.01. The number of hydrogen-bond acceptors (Lipinski definition) is 3. The molecule has 0 aliphatic rings. The lowest BCUT2D eigenvalue weighted by molar-refractivity contribution is -0.120. The summed E-state index contributed by atoms with van der Waals surface area (Å²) in [6.07, 6.45) is 0. The molecule has 0 atom stereocenters. The molecule has 0 fully saturated rings. The van der Waals surface area contributed by atoms with E-state index in [9.17, 15) is 4.79 Å². The lowest BCUT2D eigenvalue weighted by Gasteiger charge is -2.08. The molecule has 0 spiro atoms. The van der Waals surface area contributed by atoms with E-state index < -0.39 is 0 Å². The Hall–Kier alpha value is -0.870. The Morgan fingerprint density at radius 2 is 2.20 bits per heavy atom. The van der Waals surface area contributed by atoms with Gasteiger partial charge in [0.2, 0.25) is 5.91 Å². The largest absolute Gasteiger partial charge is 0.353 e. The summed E-state index contributed by atoms with van der Waals surface area (Å²) in [6.45, 7) is 7.15. The zero-order valence-electron chi connectivity index (χ0n) is 9.46. The molecule has 0 aliphatic carbocycles. The smallest absolute Gasteiger partial charge is 0.234 e. The van der Waals surface area contributed by atoms with Gasteiger partial charge >= 0.3 is 0 Å². The Balaban J connectivity index is 2.22. The van der Waals surface area contributed by atoms with Crippen molar-refractivity contribution in [3.05, 3.63) is 21.9 Å². The van der Waals surface area contributed by atoms with Gasteiger partial charge in [-0.3, -0.25) is 4.79 Å². The number of amides is 1. The fourth-order valence-corrected chi connectivity index (χ4v) is 2.11. The summed E-state index contributed by atoms with van der Waals surface area (Å²) in [6, 6.07) is 0.210. The molecule has 4 heteroatoms. The van der Waals surface area contributed by atoms with Gasteiger partial charge < -0.3 is 10.6 Å². The molecule has 0 aromatic carbocycles. The first-order valence-electron chi connectivity index (χ1n) is 5.11. The first-order valence-corrected chi connectivity index (χ1v) is 6.05. The molecule has 0 bridgehead atoms. The molecule has 1 aromatic heterocycles. The first-order chi connectivity index (χ1) is 7.09. The van der Waals surface area contributed by atoms with Gasteiger partial charge in [-0.2, -0.15) is 11.3 Å². The molecule has 1 amide bonds. The van der Waals surface area contributed by atoms with Gasteiger partial charge in [-0.25, -0.2) is 0 Å². The Morgan fingerprint density at radius 1 is 1.47 bits per heavy atom. The summed E-state index contributed by atoms with van der Waals surface area (Å²) in [5, 5.41) is 10.2. The maximum Gasteiger partial charge on any atom is 0.234 e. The molecule has 0 radical (unpaired) electrons. The van der Waals surface area contributed by atoms with E-state index in [4.69, 9.17) is 0 Å². The van der Waals surface area contributed by atoms with Gasteiger partial charge in [0, 0.05) is 12.6 Å². The summed E-state index contributed by atoms with van der Waals surface area (Å²) < 4.78 is 0. The number of aryl methyl sites for hydroxylation is 1. The van der Waals surface area contributed by atoms with Crippen molar-refractivity contribution in [2.45, 2.75) is 33.4 Å². The third-order valence-corrected chi connectivity index (χ3v) is 2.92. The number of carbonyl (C=O) groups excluding carboxylic acids is 1. The molecule has 0 aliphatic heterocycles. The molecule has 84 valence electrons. The van der Waals surface area contributed by atoms with E-state index in [-0.39, 0.29) is 11.9 Å². The molecule has 1 aromatic rings. The summed E-state index contributed by atoms with van der Waals surface area (Å²) in [5.41, 5.74) is 2.56. The minimum absolute atomic E-state index is 0.0536. The minimum Gasteiger partial charge on any atom is -0.353 e. The highest BCUT2D eigenvalue weighted by molar-refractivity contribution is 7.08. The average Bonchev–Trinajstić information content (AvgIpc) is 2.50. The Bertz CT molecular complexity index is 320. The third kappa shape index (κ3) is 4.44. The molecule has 1 heterocycles. The summed E-state index contributed by atoms with van der Waals surface area (Å²) >= 11 is 1.70. The fraction of sp³-hybridized carbons (Fsp3) is 0.545. The lowest BCUT2D eigenvalue weighted by atomic mass is 10.2. The Morgan fingerprint density at radius 3 is 2.73 bits per heavy atom. The van der Waals surface area contributed by atoms with Crippen molar-refractivity contribution >= 4 is 17.2 Å². The highest BCUT2D eigenvalue weighted by Crippen LogP contribution is 2.12. The van der Waals surface area contributed by atoms with Crippen LogP contribution in [0.25, 0.3) is 0 Å². The van der Waals surface area contributed by atoms with Crippen molar-refractivity contribution < 1.29 is 4.79 Å². The summed E-state index contributed by atoms with van der Waals surface area (Å²) in [4.78, 5) is 11.3. The van der Waals surface area contributed by atoms with E-state index in [1.54, 1.807) is 11.3 Å². The van der Waals surface area contributed by atoms with Crippen molar-refractivity contribution in [1.82, 2.24) is 10.6 Å². The number of carbonyl (C=O) groups is 1. The van der Waals surface area contributed by atoms with Crippen molar-refractivity contribution in [3.63, 3.8) is 0 Å². The summed E-state index contributed by atoms with van der Waals surface area (Å²) in [7, 11) is 0. The minimum atomic E-state index is 0.0536. The van der Waals surface area contributed by atoms with Crippen LogP contribution in [0.5, 0.6) is 0 Å². The van der Waals surface area contributed by atoms with Crippen molar-refractivity contribution in [1.29, 1.82) is 0 Å². The van der Waals surface area contributed by atoms with Gasteiger partial charge in [0.1, 0.15) is 0 Å². The van der Waals surface area contributed by atoms with Crippen LogP contribution in [0.3, 0.4) is 0 Å². The quantitative estimate of drug-likeness (QED) is 0.802. The number of rotatable bonds is 5. The van der Waals surface area contributed by atoms with Crippen LogP contribution in [0.1, 0.15) is 25.0 Å². The van der Waals surface area contributed by atoms with Crippen LogP contribution in [0.2, 0.25) is 0 Å². The lowest BCUT2D eigenvalue weighted by Crippen LogP contribution is -2.37. The van der Waals surface area contributed by atoms with Crippen LogP contribution in [0.15, 0.2) is 10.8 Å². The molecule has 0 saturated carbocycles. The van der Waals surface area contributed by atoms with E-state index in [2.05, 4.69) is 28.3 Å². The molecule has 2 N–H and O–H groups in total. The normalized spacial score (nSPS) is 10.7. The molecule has 3 nitrogen and oxygen atoms in total. The van der Waals surface area contributed by atoms with E-state index in [0.717, 1.165) is 6.54 Å². The predicted molar refractivity (Wildman–Crippen MR) is 64.0 cm³/mol. The average molecular weight is 226 g/mol. The SMILES string of the molecule is Cc1cscc1CNCC(=O)NC(C)C. The summed E-state index contributed by atoms with van der Waals surface area (Å²) in [5.74, 6) is 0.0536. The monoisotopic (exact) mass is 226 g/mol. The van der Waals surface area contributed by atoms with E-state index in [1.165, 1.54) is 11.1 Å². The van der Waals surface area contributed by atoms with Crippen molar-refractivity contribution in [2.75, 3.05) is 6.54 Å². The highest BCUT2D eigenvalue weighted by atomic mass is 32.1. The van der Waals surface area contributed by atoms with E-state index in [1.807, 2.05) is 13.8 Å². The van der Waals surface area contributed by atoms with Gasteiger partial charge in [-0.05, 0) is 42.7 Å². The Kier molecular flexibility index (Phi) is 4.78. The van der Waals surface area contributed by atoms with Gasteiger partial charge in [-0.15, -0.1) is 0 Å². The van der Waals surface area contributed by atoms with E-state index >= 15 is 0 Å². The van der Waals surface area contributed by atoms with Crippen LogP contribution < -0.4 is 10.6 Å². The van der Waals surface area contributed by atoms with Crippen LogP contribution in [-0.4, -0.2) is 18.5 Å². The molecule has 1 rings (SSSR count). The fourth-order valence-electron chi connectivity index (χ4n) is 1.25. The second kappa shape index (κ2) is 5.88. The number of thiophene rings is 1. The topological polar surface area (TPSA) is 41.1 Å². The highest BCUT2D eigenvalue weighted by Gasteiger charge is 2.03. The van der Waals surface area contributed by atoms with E-state index in [0.29, 0.717) is 6.54 Å². The van der Waals surface area contributed by atoms with Gasteiger partial charge in [0.05, 0.1) is 6.54 Å².